The predicted molar refractivity (Wildman–Crippen MR) is 136 cm³/mol. The van der Waals surface area contributed by atoms with Crippen LogP contribution in [0.4, 0.5) is 10.7 Å². The molecule has 0 spiro atoms. The van der Waals surface area contributed by atoms with Crippen molar-refractivity contribution >= 4 is 39.9 Å². The lowest BCUT2D eigenvalue weighted by molar-refractivity contribution is -0.384. The van der Waals surface area contributed by atoms with Crippen molar-refractivity contribution in [3.8, 4) is 11.3 Å². The lowest BCUT2D eigenvalue weighted by atomic mass is 9.72. The number of fused-ring (bicyclic) bond motifs is 1. The third-order valence-corrected chi connectivity index (χ3v) is 7.53. The van der Waals surface area contributed by atoms with E-state index in [0.29, 0.717) is 33.6 Å². The molecule has 4 rings (SSSR count). The molecule has 2 aromatic heterocycles. The second kappa shape index (κ2) is 9.50. The summed E-state index contributed by atoms with van der Waals surface area (Å²) >= 11 is 1.41. The van der Waals surface area contributed by atoms with Gasteiger partial charge in [0.2, 0.25) is 5.91 Å². The van der Waals surface area contributed by atoms with Crippen LogP contribution in [0.15, 0.2) is 46.9 Å². The van der Waals surface area contributed by atoms with E-state index in [0.717, 1.165) is 29.7 Å². The average molecular weight is 494 g/mol. The molecule has 35 heavy (non-hydrogen) atoms. The Morgan fingerprint density at radius 1 is 1.23 bits per heavy atom. The summed E-state index contributed by atoms with van der Waals surface area (Å²) in [4.78, 5) is 36.7. The molecule has 0 aliphatic heterocycles. The van der Waals surface area contributed by atoms with E-state index < -0.39 is 16.7 Å². The van der Waals surface area contributed by atoms with E-state index >= 15 is 0 Å². The molecule has 1 aliphatic rings. The van der Waals surface area contributed by atoms with Crippen molar-refractivity contribution in [2.75, 3.05) is 5.32 Å². The molecule has 2 amide bonds. The fourth-order valence-corrected chi connectivity index (χ4v) is 5.75. The van der Waals surface area contributed by atoms with Gasteiger partial charge in [-0.1, -0.05) is 32.9 Å². The number of nitrogens with two attached hydrogens (primary N) is 1. The minimum atomic E-state index is -0.545. The molecule has 3 N–H and O–H groups in total. The van der Waals surface area contributed by atoms with Crippen LogP contribution in [0, 0.1) is 21.4 Å². The number of rotatable bonds is 6. The van der Waals surface area contributed by atoms with Gasteiger partial charge in [-0.2, -0.15) is 0 Å². The second-order valence-corrected chi connectivity index (χ2v) is 10.8. The van der Waals surface area contributed by atoms with Crippen molar-refractivity contribution in [3.05, 3.63) is 74.4 Å². The number of nitrogens with zero attached hydrogens (tertiary/aromatic N) is 1. The van der Waals surface area contributed by atoms with Crippen molar-refractivity contribution in [2.24, 2.45) is 17.1 Å². The van der Waals surface area contributed by atoms with Crippen LogP contribution in [0.3, 0.4) is 0 Å². The molecule has 2 heterocycles. The molecular weight excluding hydrogens is 466 g/mol. The van der Waals surface area contributed by atoms with Crippen LogP contribution in [0.1, 0.15) is 53.8 Å². The maximum Gasteiger partial charge on any atom is 0.280 e. The molecule has 8 nitrogen and oxygen atoms in total. The SMILES string of the molecule is CC(C)(C)[C@@H]1CCc2c(sc(NC(=O)/C=C/c3ccc(-c4ccccc4[N+](=O)[O-])o3)c2C(N)=O)C1. The molecule has 0 saturated heterocycles. The van der Waals surface area contributed by atoms with Crippen LogP contribution in [0.2, 0.25) is 0 Å². The van der Waals surface area contributed by atoms with Crippen LogP contribution >= 0.6 is 11.3 Å². The highest BCUT2D eigenvalue weighted by atomic mass is 32.1. The Hall–Kier alpha value is -3.72. The van der Waals surface area contributed by atoms with Gasteiger partial charge in [0.05, 0.1) is 16.1 Å². The lowest BCUT2D eigenvalue weighted by Crippen LogP contribution is -2.27. The molecule has 0 unspecified atom stereocenters. The van der Waals surface area contributed by atoms with Gasteiger partial charge >= 0.3 is 0 Å². The highest BCUT2D eigenvalue weighted by molar-refractivity contribution is 7.17. The summed E-state index contributed by atoms with van der Waals surface area (Å²) < 4.78 is 5.69. The van der Waals surface area contributed by atoms with Gasteiger partial charge in [-0.05, 0) is 60.4 Å². The largest absolute Gasteiger partial charge is 0.456 e. The standard InChI is InChI=1S/C26H27N3O5S/c1-26(2,3)15-8-11-18-21(14-15)35-25(23(18)24(27)31)28-22(30)13-10-16-9-12-20(34-16)17-6-4-5-7-19(17)29(32)33/h4-7,9-10,12-13,15H,8,11,14H2,1-3H3,(H2,27,31)(H,28,30)/b13-10+/t15-/m1/s1. The first kappa shape index (κ1) is 24.4. The number of amides is 2. The number of carbonyl (C=O) groups is 2. The van der Waals surface area contributed by atoms with Gasteiger partial charge in [0.15, 0.2) is 0 Å². The van der Waals surface area contributed by atoms with E-state index in [4.69, 9.17) is 10.2 Å². The molecule has 1 atom stereocenters. The van der Waals surface area contributed by atoms with Gasteiger partial charge in [0, 0.05) is 17.0 Å². The van der Waals surface area contributed by atoms with Crippen LogP contribution in [0.5, 0.6) is 0 Å². The van der Waals surface area contributed by atoms with E-state index in [1.165, 1.54) is 29.6 Å². The van der Waals surface area contributed by atoms with E-state index in [9.17, 15) is 19.7 Å². The van der Waals surface area contributed by atoms with E-state index in [-0.39, 0.29) is 11.1 Å². The van der Waals surface area contributed by atoms with Gasteiger partial charge in [-0.3, -0.25) is 19.7 Å². The molecule has 0 bridgehead atoms. The first-order valence-corrected chi connectivity index (χ1v) is 12.1. The zero-order valence-electron chi connectivity index (χ0n) is 19.8. The first-order valence-electron chi connectivity index (χ1n) is 11.3. The van der Waals surface area contributed by atoms with Gasteiger partial charge in [0.25, 0.3) is 11.6 Å². The predicted octanol–water partition coefficient (Wildman–Crippen LogP) is 5.82. The van der Waals surface area contributed by atoms with Crippen molar-refractivity contribution in [2.45, 2.75) is 40.0 Å². The molecule has 1 aliphatic carbocycles. The highest BCUT2D eigenvalue weighted by Gasteiger charge is 2.33. The third-order valence-electron chi connectivity index (χ3n) is 6.37. The Labute approximate surface area is 207 Å². The third kappa shape index (κ3) is 5.19. The summed E-state index contributed by atoms with van der Waals surface area (Å²) in [6, 6.07) is 9.52. The number of nitrogens with one attached hydrogen (secondary N) is 1. The maximum atomic E-state index is 12.6. The molecular formula is C26H27N3O5S. The number of benzene rings is 1. The monoisotopic (exact) mass is 493 g/mol. The first-order chi connectivity index (χ1) is 16.5. The molecule has 0 saturated carbocycles. The second-order valence-electron chi connectivity index (χ2n) is 9.68. The summed E-state index contributed by atoms with van der Waals surface area (Å²) in [5.74, 6) is 0.208. The molecule has 0 fully saturated rings. The number of para-hydroxylation sites is 1. The summed E-state index contributed by atoms with van der Waals surface area (Å²) in [5.41, 5.74) is 7.46. The van der Waals surface area contributed by atoms with Crippen molar-refractivity contribution in [1.82, 2.24) is 0 Å². The zero-order valence-corrected chi connectivity index (χ0v) is 20.6. The average Bonchev–Trinajstić information content (AvgIpc) is 3.40. The van der Waals surface area contributed by atoms with Crippen molar-refractivity contribution in [1.29, 1.82) is 0 Å². The van der Waals surface area contributed by atoms with Gasteiger partial charge in [-0.25, -0.2) is 0 Å². The molecule has 182 valence electrons. The fraction of sp³-hybridized carbons (Fsp3) is 0.308. The van der Waals surface area contributed by atoms with Crippen LogP contribution in [-0.4, -0.2) is 16.7 Å². The topological polar surface area (TPSA) is 128 Å². The molecule has 0 radical (unpaired) electrons. The van der Waals surface area contributed by atoms with Crippen molar-refractivity contribution in [3.63, 3.8) is 0 Å². The summed E-state index contributed by atoms with van der Waals surface area (Å²) in [7, 11) is 0. The maximum absolute atomic E-state index is 12.6. The van der Waals surface area contributed by atoms with Crippen LogP contribution < -0.4 is 11.1 Å². The van der Waals surface area contributed by atoms with Gasteiger partial charge in [-0.15, -0.1) is 11.3 Å². The fourth-order valence-electron chi connectivity index (χ4n) is 4.41. The van der Waals surface area contributed by atoms with Gasteiger partial charge in [0.1, 0.15) is 16.5 Å². The number of carbonyl (C=O) groups excluding carboxylic acids is 2. The van der Waals surface area contributed by atoms with Crippen molar-refractivity contribution < 1.29 is 18.9 Å². The Bertz CT molecular complexity index is 1330. The van der Waals surface area contributed by atoms with Gasteiger partial charge < -0.3 is 15.5 Å². The minimum absolute atomic E-state index is 0.0653. The quantitative estimate of drug-likeness (QED) is 0.254. The molecule has 3 aromatic rings. The number of thiophene rings is 1. The highest BCUT2D eigenvalue weighted by Crippen LogP contribution is 2.44. The number of furan rings is 1. The Morgan fingerprint density at radius 3 is 2.66 bits per heavy atom. The Balaban J connectivity index is 1.51. The number of anilines is 1. The van der Waals surface area contributed by atoms with E-state index in [2.05, 4.69) is 26.1 Å². The van der Waals surface area contributed by atoms with Crippen LogP contribution in [0.25, 0.3) is 17.4 Å². The number of primary amides is 1. The number of hydrogen-bond acceptors (Lipinski definition) is 6. The summed E-state index contributed by atoms with van der Waals surface area (Å²) in [6.07, 6.45) is 5.36. The summed E-state index contributed by atoms with van der Waals surface area (Å²) in [6.45, 7) is 6.65. The Kier molecular flexibility index (Phi) is 6.62. The Morgan fingerprint density at radius 2 is 1.97 bits per heavy atom. The zero-order chi connectivity index (χ0) is 25.3. The molecule has 9 heteroatoms. The smallest absolute Gasteiger partial charge is 0.280 e. The lowest BCUT2D eigenvalue weighted by Gasteiger charge is -2.33. The van der Waals surface area contributed by atoms with Crippen LogP contribution in [-0.2, 0) is 17.6 Å². The normalized spacial score (nSPS) is 15.7. The van der Waals surface area contributed by atoms with E-state index in [1.807, 2.05) is 0 Å². The number of hydrogen-bond donors (Lipinski definition) is 2. The summed E-state index contributed by atoms with van der Waals surface area (Å²) in [5, 5.41) is 14.5. The number of nitro groups is 1. The number of nitro benzene ring substituents is 1. The minimum Gasteiger partial charge on any atom is -0.456 e. The molecule has 1 aromatic carbocycles. The van der Waals surface area contributed by atoms with E-state index in [1.54, 1.807) is 30.3 Å².